The molecule has 0 saturated carbocycles. The molecule has 0 amide bonds. The summed E-state index contributed by atoms with van der Waals surface area (Å²) >= 11 is 0. The van der Waals surface area contributed by atoms with Crippen molar-refractivity contribution >= 4 is 5.97 Å². The molecule has 22 heavy (non-hydrogen) atoms. The Morgan fingerprint density at radius 3 is 2.64 bits per heavy atom. The molecule has 1 fully saturated rings. The van der Waals surface area contributed by atoms with Crippen molar-refractivity contribution in [3.8, 4) is 0 Å². The van der Waals surface area contributed by atoms with E-state index in [-0.39, 0.29) is 6.10 Å². The number of esters is 1. The van der Waals surface area contributed by atoms with Gasteiger partial charge in [0.15, 0.2) is 0 Å². The van der Waals surface area contributed by atoms with Crippen molar-refractivity contribution < 1.29 is 19.4 Å². The van der Waals surface area contributed by atoms with Crippen LogP contribution in [0.2, 0.25) is 0 Å². The van der Waals surface area contributed by atoms with Crippen LogP contribution < -0.4 is 0 Å². The van der Waals surface area contributed by atoms with Crippen LogP contribution in [0.15, 0.2) is 42.5 Å². The fourth-order valence-corrected chi connectivity index (χ4v) is 3.03. The first-order chi connectivity index (χ1) is 10.4. The van der Waals surface area contributed by atoms with Crippen LogP contribution in [0.4, 0.5) is 0 Å². The Kier molecular flexibility index (Phi) is 5.04. The van der Waals surface area contributed by atoms with Gasteiger partial charge in [-0.2, -0.15) is 0 Å². The lowest BCUT2D eigenvalue weighted by molar-refractivity contribution is -0.187. The number of ether oxygens (including phenoxy) is 2. The normalized spacial score (nSPS) is 31.8. The van der Waals surface area contributed by atoms with Crippen molar-refractivity contribution in [2.75, 3.05) is 7.11 Å². The number of hydrogen-bond acceptors (Lipinski definition) is 4. The summed E-state index contributed by atoms with van der Waals surface area (Å²) in [6.07, 6.45) is -0.275. The van der Waals surface area contributed by atoms with Gasteiger partial charge in [-0.15, -0.1) is 0 Å². The monoisotopic (exact) mass is 304 g/mol. The average Bonchev–Trinajstić information content (AvgIpc) is 2.55. The Morgan fingerprint density at radius 1 is 1.41 bits per heavy atom. The summed E-state index contributed by atoms with van der Waals surface area (Å²) in [5.74, 6) is -0.467. The highest BCUT2D eigenvalue weighted by atomic mass is 16.5. The average molecular weight is 304 g/mol. The van der Waals surface area contributed by atoms with Crippen LogP contribution in [0, 0.1) is 5.41 Å². The number of carbonyl (C=O) groups excluding carboxylic acids is 1. The number of rotatable bonds is 4. The van der Waals surface area contributed by atoms with Gasteiger partial charge in [0, 0.05) is 0 Å². The minimum absolute atomic E-state index is 0.284. The molecule has 0 spiro atoms. The van der Waals surface area contributed by atoms with Crippen molar-refractivity contribution in [3.63, 3.8) is 0 Å². The van der Waals surface area contributed by atoms with E-state index in [1.54, 1.807) is 6.92 Å². The Balaban J connectivity index is 2.21. The number of hydrogen-bond donors (Lipinski definition) is 1. The van der Waals surface area contributed by atoms with E-state index in [1.165, 1.54) is 12.7 Å². The summed E-state index contributed by atoms with van der Waals surface area (Å²) in [5.41, 5.74) is 0.557. The Morgan fingerprint density at radius 2 is 2.05 bits per heavy atom. The summed E-state index contributed by atoms with van der Waals surface area (Å²) in [6.45, 7) is 7.39. The molecule has 120 valence electrons. The van der Waals surface area contributed by atoms with E-state index in [0.29, 0.717) is 12.0 Å². The van der Waals surface area contributed by atoms with Crippen LogP contribution in [0.5, 0.6) is 0 Å². The molecular formula is C18H24O4. The second-order valence-electron chi connectivity index (χ2n) is 6.04. The molecule has 1 heterocycles. The van der Waals surface area contributed by atoms with Gasteiger partial charge in [0.25, 0.3) is 0 Å². The third-order valence-electron chi connectivity index (χ3n) is 4.64. The van der Waals surface area contributed by atoms with E-state index < -0.39 is 23.6 Å². The Hall–Kier alpha value is -1.65. The molecule has 2 rings (SSSR count). The summed E-state index contributed by atoms with van der Waals surface area (Å²) in [6, 6.07) is 10.0. The minimum atomic E-state index is -1.13. The van der Waals surface area contributed by atoms with Crippen molar-refractivity contribution in [3.05, 3.63) is 48.0 Å². The predicted octanol–water partition coefficient (Wildman–Crippen LogP) is 2.50. The second-order valence-corrected chi connectivity index (χ2v) is 6.04. The van der Waals surface area contributed by atoms with E-state index >= 15 is 0 Å². The van der Waals surface area contributed by atoms with Gasteiger partial charge >= 0.3 is 5.97 Å². The molecule has 1 aliphatic rings. The smallest absolute Gasteiger partial charge is 0.317 e. The summed E-state index contributed by atoms with van der Waals surface area (Å²) < 4.78 is 10.9. The van der Waals surface area contributed by atoms with Crippen LogP contribution >= 0.6 is 0 Å². The van der Waals surface area contributed by atoms with E-state index in [1.807, 2.05) is 37.3 Å². The molecule has 1 aromatic carbocycles. The van der Waals surface area contributed by atoms with E-state index in [2.05, 4.69) is 6.58 Å². The number of carbonyl (C=O) groups is 1. The summed E-state index contributed by atoms with van der Waals surface area (Å²) in [5, 5.41) is 10.6. The van der Waals surface area contributed by atoms with Gasteiger partial charge in [-0.1, -0.05) is 36.9 Å². The van der Waals surface area contributed by atoms with Crippen LogP contribution in [0.3, 0.4) is 0 Å². The van der Waals surface area contributed by atoms with Gasteiger partial charge in [-0.25, -0.2) is 0 Å². The molecule has 1 aliphatic heterocycles. The summed E-state index contributed by atoms with van der Waals surface area (Å²) in [7, 11) is 1.33. The second kappa shape index (κ2) is 6.63. The first kappa shape index (κ1) is 16.7. The van der Waals surface area contributed by atoms with E-state index in [0.717, 1.165) is 6.42 Å². The third kappa shape index (κ3) is 2.94. The Bertz CT molecular complexity index is 539. The van der Waals surface area contributed by atoms with Gasteiger partial charge in [0.1, 0.15) is 5.41 Å². The number of aliphatic hydroxyl groups excluding tert-OH is 1. The summed E-state index contributed by atoms with van der Waals surface area (Å²) in [4.78, 5) is 12.3. The topological polar surface area (TPSA) is 55.8 Å². The fraction of sp³-hybridized carbons (Fsp3) is 0.500. The molecule has 0 bridgehead atoms. The number of methoxy groups -OCH3 is 1. The van der Waals surface area contributed by atoms with E-state index in [4.69, 9.17) is 9.47 Å². The van der Waals surface area contributed by atoms with E-state index in [9.17, 15) is 9.90 Å². The van der Waals surface area contributed by atoms with Gasteiger partial charge in [0.05, 0.1) is 25.4 Å². The van der Waals surface area contributed by atoms with Crippen LogP contribution in [0.25, 0.3) is 0 Å². The third-order valence-corrected chi connectivity index (χ3v) is 4.64. The molecule has 4 unspecified atom stereocenters. The van der Waals surface area contributed by atoms with Gasteiger partial charge in [-0.05, 0) is 37.8 Å². The lowest BCUT2D eigenvalue weighted by Gasteiger charge is -2.46. The Labute approximate surface area is 131 Å². The largest absolute Gasteiger partial charge is 0.468 e. The molecule has 1 saturated heterocycles. The molecule has 4 nitrogen and oxygen atoms in total. The fourth-order valence-electron chi connectivity index (χ4n) is 3.03. The molecule has 0 radical (unpaired) electrons. The minimum Gasteiger partial charge on any atom is -0.468 e. The van der Waals surface area contributed by atoms with Crippen LogP contribution in [0.1, 0.15) is 25.8 Å². The van der Waals surface area contributed by atoms with Crippen molar-refractivity contribution in [2.45, 2.75) is 45.0 Å². The molecule has 0 aromatic heterocycles. The first-order valence-corrected chi connectivity index (χ1v) is 7.55. The molecular weight excluding hydrogens is 280 g/mol. The zero-order valence-corrected chi connectivity index (χ0v) is 13.4. The van der Waals surface area contributed by atoms with Gasteiger partial charge in [0.2, 0.25) is 0 Å². The molecule has 4 atom stereocenters. The highest BCUT2D eigenvalue weighted by Gasteiger charge is 2.54. The number of aliphatic hydroxyl groups is 1. The first-order valence-electron chi connectivity index (χ1n) is 7.55. The van der Waals surface area contributed by atoms with Gasteiger partial charge in [-0.3, -0.25) is 4.79 Å². The highest BCUT2D eigenvalue weighted by Crippen LogP contribution is 2.41. The molecule has 4 heteroatoms. The predicted molar refractivity (Wildman–Crippen MR) is 84.4 cm³/mol. The number of aryl methyl sites for hydroxylation is 1. The lowest BCUT2D eigenvalue weighted by Crippen LogP contribution is -2.57. The molecule has 0 aliphatic carbocycles. The van der Waals surface area contributed by atoms with Crippen molar-refractivity contribution in [2.24, 2.45) is 5.41 Å². The van der Waals surface area contributed by atoms with Crippen LogP contribution in [-0.2, 0) is 20.7 Å². The molecule has 1 N–H and O–H groups in total. The zero-order valence-electron chi connectivity index (χ0n) is 13.4. The lowest BCUT2D eigenvalue weighted by atomic mass is 9.71. The quantitative estimate of drug-likeness (QED) is 0.686. The van der Waals surface area contributed by atoms with Gasteiger partial charge < -0.3 is 14.6 Å². The SMILES string of the molecule is C=C1C(C)OC(CCc2ccccc2)C(C)(C(=O)OC)C1O. The standard InChI is InChI=1S/C18H24O4/c1-12-13(2)22-15(11-10-14-8-6-5-7-9-14)18(3,16(12)19)17(20)21-4/h5-9,13,15-16,19H,1,10-11H2,2-4H3. The van der Waals surface area contributed by atoms with Crippen molar-refractivity contribution in [1.82, 2.24) is 0 Å². The van der Waals surface area contributed by atoms with Crippen LogP contribution in [-0.4, -0.2) is 36.5 Å². The maximum atomic E-state index is 12.3. The maximum Gasteiger partial charge on any atom is 0.317 e. The van der Waals surface area contributed by atoms with Crippen molar-refractivity contribution in [1.29, 1.82) is 0 Å². The highest BCUT2D eigenvalue weighted by molar-refractivity contribution is 5.79. The number of benzene rings is 1. The molecule has 1 aromatic rings. The maximum absolute atomic E-state index is 12.3. The zero-order chi connectivity index (χ0) is 16.3.